The summed E-state index contributed by atoms with van der Waals surface area (Å²) in [6, 6.07) is 6.03. The van der Waals surface area contributed by atoms with E-state index in [2.05, 4.69) is 20.6 Å². The number of aromatic amines is 1. The van der Waals surface area contributed by atoms with Gasteiger partial charge in [0, 0.05) is 11.1 Å². The highest BCUT2D eigenvalue weighted by molar-refractivity contribution is 6.39. The maximum absolute atomic E-state index is 11.2. The first-order chi connectivity index (χ1) is 7.68. The summed E-state index contributed by atoms with van der Waals surface area (Å²) in [7, 11) is 0. The summed E-state index contributed by atoms with van der Waals surface area (Å²) in [4.78, 5) is 21.7. The molecule has 0 saturated heterocycles. The number of ketones is 1. The molecule has 1 aromatic carbocycles. The van der Waals surface area contributed by atoms with Crippen molar-refractivity contribution in [2.24, 2.45) is 0 Å². The van der Waals surface area contributed by atoms with E-state index in [0.29, 0.717) is 11.4 Å². The molecule has 1 heterocycles. The Kier molecular flexibility index (Phi) is 2.42. The molecule has 0 radical (unpaired) electrons. The van der Waals surface area contributed by atoms with Crippen molar-refractivity contribution in [3.63, 3.8) is 0 Å². The number of hydrogen-bond donors (Lipinski definition) is 2. The van der Waals surface area contributed by atoms with Crippen LogP contribution in [0.5, 0.6) is 0 Å². The number of Topliss-reactive ketones (excluding diaryl/α,β-unsaturated/α-hetero) is 1. The largest absolute Gasteiger partial charge is 0.475 e. The minimum absolute atomic E-state index is 0.0785. The zero-order valence-corrected chi connectivity index (χ0v) is 7.91. The Bertz CT molecular complexity index is 535. The van der Waals surface area contributed by atoms with Gasteiger partial charge in [-0.3, -0.25) is 4.79 Å². The van der Waals surface area contributed by atoms with Crippen molar-refractivity contribution in [2.45, 2.75) is 0 Å². The van der Waals surface area contributed by atoms with Crippen LogP contribution >= 0.6 is 0 Å². The zero-order valence-electron chi connectivity index (χ0n) is 7.91. The molecule has 80 valence electrons. The number of aromatic nitrogens is 4. The minimum atomic E-state index is -1.50. The lowest BCUT2D eigenvalue weighted by Crippen LogP contribution is -2.12. The molecule has 0 amide bonds. The second-order valence-corrected chi connectivity index (χ2v) is 2.95. The molecule has 2 rings (SSSR count). The number of benzene rings is 1. The molecule has 1 aromatic heterocycles. The predicted octanol–water partition coefficient (Wildman–Crippen LogP) is 0.134. The fourth-order valence-corrected chi connectivity index (χ4v) is 1.21. The Morgan fingerprint density at radius 1 is 1.31 bits per heavy atom. The number of nitrogens with one attached hydrogen (secondary N) is 1. The molecule has 2 N–H and O–H groups in total. The van der Waals surface area contributed by atoms with Crippen LogP contribution in [0, 0.1) is 0 Å². The van der Waals surface area contributed by atoms with Crippen molar-refractivity contribution in [3.05, 3.63) is 29.8 Å². The van der Waals surface area contributed by atoms with Gasteiger partial charge in [0.15, 0.2) is 0 Å². The molecule has 0 bridgehead atoms. The van der Waals surface area contributed by atoms with Crippen LogP contribution in [-0.2, 0) is 4.79 Å². The van der Waals surface area contributed by atoms with Crippen LogP contribution in [0.4, 0.5) is 0 Å². The van der Waals surface area contributed by atoms with Gasteiger partial charge in [0.05, 0.1) is 0 Å². The molecule has 0 atom stereocenters. The van der Waals surface area contributed by atoms with Gasteiger partial charge >= 0.3 is 5.97 Å². The monoisotopic (exact) mass is 218 g/mol. The van der Waals surface area contributed by atoms with Gasteiger partial charge < -0.3 is 5.11 Å². The van der Waals surface area contributed by atoms with E-state index >= 15 is 0 Å². The van der Waals surface area contributed by atoms with Gasteiger partial charge in [0.1, 0.15) is 0 Å². The van der Waals surface area contributed by atoms with E-state index in [1.807, 2.05) is 0 Å². The third-order valence-electron chi connectivity index (χ3n) is 1.92. The molecule has 0 fully saturated rings. The van der Waals surface area contributed by atoms with E-state index in [9.17, 15) is 9.59 Å². The second-order valence-electron chi connectivity index (χ2n) is 2.95. The third-order valence-corrected chi connectivity index (χ3v) is 1.92. The van der Waals surface area contributed by atoms with Crippen LogP contribution in [0.3, 0.4) is 0 Å². The minimum Gasteiger partial charge on any atom is -0.475 e. The number of carbonyl (C=O) groups is 2. The Morgan fingerprint density at radius 2 is 2.12 bits per heavy atom. The van der Waals surface area contributed by atoms with E-state index in [1.54, 1.807) is 12.1 Å². The maximum Gasteiger partial charge on any atom is 0.377 e. The molecular formula is C9H6N4O3. The third kappa shape index (κ3) is 1.78. The van der Waals surface area contributed by atoms with Crippen molar-refractivity contribution in [1.82, 2.24) is 20.6 Å². The summed E-state index contributed by atoms with van der Waals surface area (Å²) in [5.41, 5.74) is 0.607. The van der Waals surface area contributed by atoms with Crippen molar-refractivity contribution in [3.8, 4) is 11.4 Å². The first kappa shape index (κ1) is 9.97. The second kappa shape index (κ2) is 3.89. The fourth-order valence-electron chi connectivity index (χ4n) is 1.21. The van der Waals surface area contributed by atoms with Gasteiger partial charge in [-0.1, -0.05) is 18.2 Å². The number of carbonyl (C=O) groups excluding carboxylic acids is 1. The lowest BCUT2D eigenvalue weighted by Gasteiger charge is -1.98. The number of rotatable bonds is 3. The molecule has 7 nitrogen and oxygen atoms in total. The highest BCUT2D eigenvalue weighted by Gasteiger charge is 2.15. The smallest absolute Gasteiger partial charge is 0.377 e. The Labute approximate surface area is 89.1 Å². The first-order valence-electron chi connectivity index (χ1n) is 4.30. The summed E-state index contributed by atoms with van der Waals surface area (Å²) in [6.45, 7) is 0. The molecular weight excluding hydrogens is 212 g/mol. The summed E-state index contributed by atoms with van der Waals surface area (Å²) >= 11 is 0. The predicted molar refractivity (Wildman–Crippen MR) is 51.6 cm³/mol. The van der Waals surface area contributed by atoms with Gasteiger partial charge in [-0.25, -0.2) is 4.79 Å². The highest BCUT2D eigenvalue weighted by Crippen LogP contribution is 2.15. The standard InChI is InChI=1S/C9H6N4O3/c14-7(9(15)16)5-2-1-3-6(4-5)8-10-12-13-11-8/h1-4H,(H,15,16)(H,10,11,12,13). The molecule has 0 spiro atoms. The molecule has 7 heteroatoms. The molecule has 0 saturated carbocycles. The lowest BCUT2D eigenvalue weighted by atomic mass is 10.1. The summed E-state index contributed by atoms with van der Waals surface area (Å²) < 4.78 is 0. The quantitative estimate of drug-likeness (QED) is 0.560. The highest BCUT2D eigenvalue weighted by atomic mass is 16.4. The van der Waals surface area contributed by atoms with E-state index in [-0.39, 0.29) is 5.56 Å². The Hall–Kier alpha value is -2.57. The van der Waals surface area contributed by atoms with E-state index in [1.165, 1.54) is 12.1 Å². The number of carboxylic acid groups (broad SMARTS) is 1. The summed E-state index contributed by atoms with van der Waals surface area (Å²) in [6.07, 6.45) is 0. The van der Waals surface area contributed by atoms with Gasteiger partial charge in [-0.2, -0.15) is 5.21 Å². The number of nitrogens with zero attached hydrogens (tertiary/aromatic N) is 3. The molecule has 16 heavy (non-hydrogen) atoms. The van der Waals surface area contributed by atoms with Crippen molar-refractivity contribution < 1.29 is 14.7 Å². The van der Waals surface area contributed by atoms with E-state index < -0.39 is 11.8 Å². The van der Waals surface area contributed by atoms with Crippen molar-refractivity contribution >= 4 is 11.8 Å². The van der Waals surface area contributed by atoms with Gasteiger partial charge in [-0.15, -0.1) is 10.2 Å². The summed E-state index contributed by atoms with van der Waals surface area (Å²) in [5.74, 6) is -2.16. The fraction of sp³-hybridized carbons (Fsp3) is 0. The van der Waals surface area contributed by atoms with Crippen molar-refractivity contribution in [2.75, 3.05) is 0 Å². The number of carboxylic acids is 1. The van der Waals surface area contributed by atoms with Crippen LogP contribution in [0.2, 0.25) is 0 Å². The molecule has 0 aliphatic carbocycles. The number of tetrazole rings is 1. The molecule has 2 aromatic rings. The molecule has 0 aliphatic heterocycles. The average molecular weight is 218 g/mol. The SMILES string of the molecule is O=C(O)C(=O)c1cccc(-c2nn[nH]n2)c1. The first-order valence-corrected chi connectivity index (χ1v) is 4.30. The number of hydrogen-bond acceptors (Lipinski definition) is 5. The summed E-state index contributed by atoms with van der Waals surface area (Å²) in [5, 5.41) is 21.6. The molecule has 0 unspecified atom stereocenters. The number of aliphatic carboxylic acids is 1. The van der Waals surface area contributed by atoms with Crippen molar-refractivity contribution in [1.29, 1.82) is 0 Å². The van der Waals surface area contributed by atoms with Gasteiger partial charge in [0.25, 0.3) is 5.78 Å². The zero-order chi connectivity index (χ0) is 11.5. The maximum atomic E-state index is 11.2. The van der Waals surface area contributed by atoms with Crippen LogP contribution in [0.25, 0.3) is 11.4 Å². The topological polar surface area (TPSA) is 109 Å². The van der Waals surface area contributed by atoms with Gasteiger partial charge in [0.2, 0.25) is 5.82 Å². The van der Waals surface area contributed by atoms with Crippen LogP contribution in [0.1, 0.15) is 10.4 Å². The Morgan fingerprint density at radius 3 is 2.75 bits per heavy atom. The van der Waals surface area contributed by atoms with E-state index in [0.717, 1.165) is 0 Å². The number of H-pyrrole nitrogens is 1. The Balaban J connectivity index is 2.41. The van der Waals surface area contributed by atoms with Crippen LogP contribution in [0.15, 0.2) is 24.3 Å². The van der Waals surface area contributed by atoms with Crippen LogP contribution < -0.4 is 0 Å². The average Bonchev–Trinajstić information content (AvgIpc) is 2.81. The normalized spacial score (nSPS) is 10.0. The van der Waals surface area contributed by atoms with Gasteiger partial charge in [-0.05, 0) is 11.3 Å². The lowest BCUT2D eigenvalue weighted by molar-refractivity contribution is -0.131. The molecule has 0 aliphatic rings. The van der Waals surface area contributed by atoms with E-state index in [4.69, 9.17) is 5.11 Å². The van der Waals surface area contributed by atoms with Crippen LogP contribution in [-0.4, -0.2) is 37.5 Å².